The predicted molar refractivity (Wildman–Crippen MR) is 108 cm³/mol. The van der Waals surface area contributed by atoms with E-state index in [1.165, 1.54) is 15.6 Å². The van der Waals surface area contributed by atoms with E-state index in [4.69, 9.17) is 20.9 Å². The van der Waals surface area contributed by atoms with E-state index in [1.807, 2.05) is 6.92 Å². The molecule has 1 aliphatic heterocycles. The van der Waals surface area contributed by atoms with Crippen LogP contribution in [0, 0.1) is 13.8 Å². The van der Waals surface area contributed by atoms with E-state index in [9.17, 15) is 8.42 Å². The number of anilines is 1. The molecule has 4 rings (SSSR count). The SMILES string of the molecule is CCC1CN(S(=O)(=O)c2cc(-c3noc(C)n3)sc2C)c2cc(Cl)ccc2O1. The Balaban J connectivity index is 1.80. The number of fused-ring (bicyclic) bond motifs is 1. The van der Waals surface area contributed by atoms with E-state index in [-0.39, 0.29) is 17.5 Å². The Labute approximate surface area is 171 Å². The molecule has 10 heteroatoms. The van der Waals surface area contributed by atoms with Crippen LogP contribution in [0.4, 0.5) is 5.69 Å². The van der Waals surface area contributed by atoms with E-state index in [0.717, 1.165) is 0 Å². The number of nitrogens with zero attached hydrogens (tertiary/aromatic N) is 3. The lowest BCUT2D eigenvalue weighted by atomic mass is 10.2. The van der Waals surface area contributed by atoms with Crippen LogP contribution in [0.5, 0.6) is 5.75 Å². The first-order valence-electron chi connectivity index (χ1n) is 8.69. The second-order valence-electron chi connectivity index (χ2n) is 6.46. The van der Waals surface area contributed by atoms with Crippen LogP contribution in [0.15, 0.2) is 33.7 Å². The Morgan fingerprint density at radius 1 is 1.32 bits per heavy atom. The number of aromatic nitrogens is 2. The van der Waals surface area contributed by atoms with Gasteiger partial charge in [0.05, 0.1) is 17.1 Å². The topological polar surface area (TPSA) is 85.5 Å². The molecule has 0 radical (unpaired) electrons. The summed E-state index contributed by atoms with van der Waals surface area (Å²) >= 11 is 7.44. The molecule has 1 unspecified atom stereocenters. The minimum Gasteiger partial charge on any atom is -0.486 e. The molecular weight excluding hydrogens is 422 g/mol. The van der Waals surface area contributed by atoms with Gasteiger partial charge in [-0.2, -0.15) is 4.98 Å². The normalized spacial score (nSPS) is 16.7. The highest BCUT2D eigenvalue weighted by molar-refractivity contribution is 7.93. The van der Waals surface area contributed by atoms with Crippen LogP contribution >= 0.6 is 22.9 Å². The lowest BCUT2D eigenvalue weighted by Crippen LogP contribution is -2.43. The van der Waals surface area contributed by atoms with Gasteiger partial charge in [-0.3, -0.25) is 4.31 Å². The lowest BCUT2D eigenvalue weighted by Gasteiger charge is -2.35. The van der Waals surface area contributed by atoms with Crippen LogP contribution in [-0.2, 0) is 10.0 Å². The fourth-order valence-corrected chi connectivity index (χ4v) is 6.23. The molecule has 3 heterocycles. The summed E-state index contributed by atoms with van der Waals surface area (Å²) in [6.45, 7) is 5.64. The molecule has 1 aromatic carbocycles. The average molecular weight is 440 g/mol. The highest BCUT2D eigenvalue weighted by atomic mass is 35.5. The van der Waals surface area contributed by atoms with Gasteiger partial charge >= 0.3 is 0 Å². The predicted octanol–water partition coefficient (Wildman–Crippen LogP) is 4.43. The van der Waals surface area contributed by atoms with Gasteiger partial charge in [0.1, 0.15) is 16.7 Å². The zero-order chi connectivity index (χ0) is 20.1. The zero-order valence-electron chi connectivity index (χ0n) is 15.5. The maximum Gasteiger partial charge on any atom is 0.265 e. The summed E-state index contributed by atoms with van der Waals surface area (Å²) in [5, 5.41) is 4.33. The van der Waals surface area contributed by atoms with Crippen molar-refractivity contribution in [3.63, 3.8) is 0 Å². The maximum absolute atomic E-state index is 13.6. The summed E-state index contributed by atoms with van der Waals surface area (Å²) in [5.74, 6) is 1.31. The molecule has 0 saturated carbocycles. The van der Waals surface area contributed by atoms with Crippen LogP contribution < -0.4 is 9.04 Å². The first-order chi connectivity index (χ1) is 13.3. The molecule has 0 N–H and O–H groups in total. The molecule has 148 valence electrons. The molecule has 1 atom stereocenters. The van der Waals surface area contributed by atoms with Gasteiger partial charge in [-0.15, -0.1) is 11.3 Å². The quantitative estimate of drug-likeness (QED) is 0.597. The Bertz CT molecular complexity index is 1140. The van der Waals surface area contributed by atoms with Crippen molar-refractivity contribution in [3.05, 3.63) is 40.1 Å². The second-order valence-corrected chi connectivity index (χ2v) is 9.99. The van der Waals surface area contributed by atoms with Gasteiger partial charge in [0.15, 0.2) is 0 Å². The van der Waals surface area contributed by atoms with E-state index in [2.05, 4.69) is 10.1 Å². The molecule has 7 nitrogen and oxygen atoms in total. The fraction of sp³-hybridized carbons (Fsp3) is 0.333. The van der Waals surface area contributed by atoms with Gasteiger partial charge in [0, 0.05) is 16.8 Å². The van der Waals surface area contributed by atoms with Crippen LogP contribution in [0.25, 0.3) is 10.7 Å². The monoisotopic (exact) mass is 439 g/mol. The number of hydrogen-bond acceptors (Lipinski definition) is 7. The van der Waals surface area contributed by atoms with E-state index in [0.29, 0.717) is 44.3 Å². The zero-order valence-corrected chi connectivity index (χ0v) is 17.9. The largest absolute Gasteiger partial charge is 0.486 e. The Morgan fingerprint density at radius 3 is 2.79 bits per heavy atom. The average Bonchev–Trinajstić information content (AvgIpc) is 3.26. The van der Waals surface area contributed by atoms with Crippen LogP contribution in [-0.4, -0.2) is 31.2 Å². The van der Waals surface area contributed by atoms with E-state index < -0.39 is 10.0 Å². The third-order valence-electron chi connectivity index (χ3n) is 4.50. The van der Waals surface area contributed by atoms with E-state index in [1.54, 1.807) is 38.1 Å². The number of halogens is 1. The van der Waals surface area contributed by atoms with Gasteiger partial charge in [0.2, 0.25) is 11.7 Å². The highest BCUT2D eigenvalue weighted by Gasteiger charge is 2.36. The summed E-state index contributed by atoms with van der Waals surface area (Å²) in [7, 11) is -3.83. The van der Waals surface area contributed by atoms with Crippen molar-refractivity contribution >= 4 is 38.6 Å². The summed E-state index contributed by atoms with van der Waals surface area (Å²) in [6, 6.07) is 6.61. The molecule has 0 fully saturated rings. The molecule has 0 saturated heterocycles. The molecule has 0 bridgehead atoms. The van der Waals surface area contributed by atoms with Crippen LogP contribution in [0.2, 0.25) is 5.02 Å². The van der Waals surface area contributed by atoms with Crippen molar-refractivity contribution in [1.82, 2.24) is 10.1 Å². The number of thiophene rings is 1. The standard InChI is InChI=1S/C18H18ClN3O4S2/c1-4-13-9-22(14-7-12(19)5-6-15(14)25-13)28(23,24)17-8-16(27-10(17)2)18-20-11(3)26-21-18/h5-8,13H,4,9H2,1-3H3. The van der Waals surface area contributed by atoms with Crippen LogP contribution in [0.1, 0.15) is 24.1 Å². The summed E-state index contributed by atoms with van der Waals surface area (Å²) < 4.78 is 39.4. The molecule has 0 aliphatic carbocycles. The number of aryl methyl sites for hydroxylation is 2. The van der Waals surface area contributed by atoms with Gasteiger partial charge in [0.25, 0.3) is 10.0 Å². The third-order valence-corrected chi connectivity index (χ3v) is 7.81. The Hall–Kier alpha value is -2.10. The number of benzene rings is 1. The third kappa shape index (κ3) is 3.27. The molecule has 28 heavy (non-hydrogen) atoms. The first kappa shape index (κ1) is 19.2. The molecule has 0 amide bonds. The van der Waals surface area contributed by atoms with Crippen molar-refractivity contribution in [2.45, 2.75) is 38.2 Å². The molecule has 3 aromatic rings. The van der Waals surface area contributed by atoms with Crippen molar-refractivity contribution < 1.29 is 17.7 Å². The number of ether oxygens (including phenoxy) is 1. The maximum atomic E-state index is 13.6. The molecule has 2 aromatic heterocycles. The highest BCUT2D eigenvalue weighted by Crippen LogP contribution is 2.41. The Morgan fingerprint density at radius 2 is 2.11 bits per heavy atom. The number of hydrogen-bond donors (Lipinski definition) is 0. The lowest BCUT2D eigenvalue weighted by molar-refractivity contribution is 0.196. The fourth-order valence-electron chi connectivity index (χ4n) is 3.07. The minimum absolute atomic E-state index is 0.220. The first-order valence-corrected chi connectivity index (χ1v) is 11.3. The second kappa shape index (κ2) is 7.06. The van der Waals surface area contributed by atoms with Gasteiger partial charge in [-0.25, -0.2) is 8.42 Å². The van der Waals surface area contributed by atoms with E-state index >= 15 is 0 Å². The van der Waals surface area contributed by atoms with Gasteiger partial charge < -0.3 is 9.26 Å². The van der Waals surface area contributed by atoms with Crippen molar-refractivity contribution in [2.24, 2.45) is 0 Å². The molecule has 1 aliphatic rings. The molecular formula is C18H18ClN3O4S2. The van der Waals surface area contributed by atoms with Gasteiger partial charge in [-0.05, 0) is 37.6 Å². The summed E-state index contributed by atoms with van der Waals surface area (Å²) in [4.78, 5) is 5.70. The van der Waals surface area contributed by atoms with Crippen LogP contribution in [0.3, 0.4) is 0 Å². The van der Waals surface area contributed by atoms with Crippen molar-refractivity contribution in [1.29, 1.82) is 0 Å². The minimum atomic E-state index is -3.83. The number of sulfonamides is 1. The molecule has 0 spiro atoms. The summed E-state index contributed by atoms with van der Waals surface area (Å²) in [6.07, 6.45) is 0.450. The Kier molecular flexibility index (Phi) is 4.84. The van der Waals surface area contributed by atoms with Crippen molar-refractivity contribution in [2.75, 3.05) is 10.8 Å². The van der Waals surface area contributed by atoms with Gasteiger partial charge in [-0.1, -0.05) is 23.7 Å². The van der Waals surface area contributed by atoms with Crippen molar-refractivity contribution in [3.8, 4) is 16.5 Å². The number of rotatable bonds is 4. The summed E-state index contributed by atoms with van der Waals surface area (Å²) in [5.41, 5.74) is 0.444. The smallest absolute Gasteiger partial charge is 0.265 e.